The maximum atomic E-state index is 12.9. The van der Waals surface area contributed by atoms with Crippen molar-refractivity contribution in [1.82, 2.24) is 24.6 Å². The zero-order valence-electron chi connectivity index (χ0n) is 13.4. The topological polar surface area (TPSA) is 101 Å². The van der Waals surface area contributed by atoms with Crippen molar-refractivity contribution in [2.75, 3.05) is 26.2 Å². The van der Waals surface area contributed by atoms with Crippen molar-refractivity contribution in [3.8, 4) is 0 Å². The first-order valence-electron chi connectivity index (χ1n) is 7.65. The Kier molecular flexibility index (Phi) is 4.07. The van der Waals surface area contributed by atoms with Gasteiger partial charge in [0, 0.05) is 26.6 Å². The van der Waals surface area contributed by atoms with Crippen molar-refractivity contribution >= 4 is 11.8 Å². The Bertz CT molecular complexity index is 631. The third kappa shape index (κ3) is 2.81. The molecule has 1 aromatic rings. The van der Waals surface area contributed by atoms with Crippen LogP contribution < -0.4 is 0 Å². The molecule has 0 saturated carbocycles. The molecule has 0 unspecified atom stereocenters. The van der Waals surface area contributed by atoms with Crippen LogP contribution in [0.25, 0.3) is 0 Å². The molecule has 1 saturated heterocycles. The van der Waals surface area contributed by atoms with Crippen LogP contribution in [0.4, 0.5) is 0 Å². The highest BCUT2D eigenvalue weighted by Crippen LogP contribution is 2.23. The molecule has 3 rings (SSSR count). The maximum Gasteiger partial charge on any atom is 0.256 e. The molecular formula is C14H21N5O4. The van der Waals surface area contributed by atoms with E-state index in [1.807, 2.05) is 4.57 Å². The molecule has 9 nitrogen and oxygen atoms in total. The molecule has 1 N–H and O–H groups in total. The van der Waals surface area contributed by atoms with Gasteiger partial charge >= 0.3 is 0 Å². The lowest BCUT2D eigenvalue weighted by Gasteiger charge is -2.42. The van der Waals surface area contributed by atoms with E-state index in [2.05, 4.69) is 10.2 Å². The molecule has 2 aliphatic rings. The van der Waals surface area contributed by atoms with Gasteiger partial charge in [-0.1, -0.05) is 0 Å². The molecule has 3 heterocycles. The van der Waals surface area contributed by atoms with Crippen LogP contribution >= 0.6 is 0 Å². The van der Waals surface area contributed by atoms with Gasteiger partial charge in [0.25, 0.3) is 5.91 Å². The number of aliphatic hydroxyl groups is 1. The van der Waals surface area contributed by atoms with Crippen molar-refractivity contribution in [3.05, 3.63) is 11.6 Å². The Labute approximate surface area is 133 Å². The summed E-state index contributed by atoms with van der Waals surface area (Å²) < 4.78 is 7.54. The first-order valence-corrected chi connectivity index (χ1v) is 7.65. The summed E-state index contributed by atoms with van der Waals surface area (Å²) in [5.74, 6) is 0.952. The third-order valence-electron chi connectivity index (χ3n) is 4.43. The smallest absolute Gasteiger partial charge is 0.256 e. The van der Waals surface area contributed by atoms with Crippen molar-refractivity contribution in [2.45, 2.75) is 39.1 Å². The van der Waals surface area contributed by atoms with E-state index in [0.29, 0.717) is 44.4 Å². The van der Waals surface area contributed by atoms with E-state index in [-0.39, 0.29) is 25.0 Å². The molecule has 0 spiro atoms. The largest absolute Gasteiger partial charge is 0.388 e. The summed E-state index contributed by atoms with van der Waals surface area (Å²) >= 11 is 0. The van der Waals surface area contributed by atoms with Crippen LogP contribution in [0.3, 0.4) is 0 Å². The van der Waals surface area contributed by atoms with E-state index < -0.39 is 5.60 Å². The molecule has 1 aromatic heterocycles. The summed E-state index contributed by atoms with van der Waals surface area (Å²) in [4.78, 5) is 27.8. The van der Waals surface area contributed by atoms with Crippen molar-refractivity contribution in [1.29, 1.82) is 0 Å². The van der Waals surface area contributed by atoms with Gasteiger partial charge in [0.1, 0.15) is 6.61 Å². The van der Waals surface area contributed by atoms with Gasteiger partial charge in [-0.25, -0.2) is 0 Å². The van der Waals surface area contributed by atoms with Gasteiger partial charge in [0.15, 0.2) is 17.2 Å². The fraction of sp³-hybridized carbons (Fsp3) is 0.714. The Balaban J connectivity index is 1.74. The number of aliphatic hydroxyl groups excluding tert-OH is 1. The fourth-order valence-corrected chi connectivity index (χ4v) is 3.11. The predicted octanol–water partition coefficient (Wildman–Crippen LogP) is -1.25. The summed E-state index contributed by atoms with van der Waals surface area (Å²) in [6.45, 7) is 5.52. The average Bonchev–Trinajstić information content (AvgIpc) is 2.96. The monoisotopic (exact) mass is 323 g/mol. The Hall–Kier alpha value is -2.00. The molecule has 23 heavy (non-hydrogen) atoms. The Morgan fingerprint density at radius 2 is 2.04 bits per heavy atom. The highest BCUT2D eigenvalue weighted by atomic mass is 16.5. The van der Waals surface area contributed by atoms with E-state index in [0.717, 1.165) is 0 Å². The molecule has 0 radical (unpaired) electrons. The molecule has 2 amide bonds. The molecule has 1 fully saturated rings. The predicted molar refractivity (Wildman–Crippen MR) is 78.0 cm³/mol. The lowest BCUT2D eigenvalue weighted by molar-refractivity contribution is -0.172. The van der Waals surface area contributed by atoms with Gasteiger partial charge in [-0.15, -0.1) is 10.2 Å². The van der Waals surface area contributed by atoms with Crippen LogP contribution in [0.2, 0.25) is 0 Å². The molecule has 1 atom stereocenters. The minimum Gasteiger partial charge on any atom is -0.388 e. The third-order valence-corrected chi connectivity index (χ3v) is 4.43. The first kappa shape index (κ1) is 15.9. The molecule has 0 bridgehead atoms. The quantitative estimate of drug-likeness (QED) is 0.730. The maximum absolute atomic E-state index is 12.9. The number of ether oxygens (including phenoxy) is 1. The van der Waals surface area contributed by atoms with Crippen LogP contribution in [-0.4, -0.2) is 73.3 Å². The van der Waals surface area contributed by atoms with E-state index >= 15 is 0 Å². The zero-order valence-corrected chi connectivity index (χ0v) is 13.4. The summed E-state index contributed by atoms with van der Waals surface area (Å²) in [5.41, 5.74) is -1.04. The molecule has 2 aliphatic heterocycles. The first-order chi connectivity index (χ1) is 10.9. The molecule has 9 heteroatoms. The normalized spacial score (nSPS) is 24.5. The molecule has 0 aliphatic carbocycles. The SMILES string of the molecule is CC(=O)N1CCO[C@@](C)(C(=O)N2CCn3c(CO)nnc3C2)C1. The van der Waals surface area contributed by atoms with Gasteiger partial charge in [-0.3, -0.25) is 9.59 Å². The minimum atomic E-state index is -1.04. The van der Waals surface area contributed by atoms with Crippen molar-refractivity contribution in [3.63, 3.8) is 0 Å². The molecular weight excluding hydrogens is 302 g/mol. The van der Waals surface area contributed by atoms with Crippen LogP contribution in [0, 0.1) is 0 Å². The average molecular weight is 323 g/mol. The van der Waals surface area contributed by atoms with Crippen molar-refractivity contribution < 1.29 is 19.4 Å². The van der Waals surface area contributed by atoms with Crippen molar-refractivity contribution in [2.24, 2.45) is 0 Å². The Morgan fingerprint density at radius 3 is 2.74 bits per heavy atom. The van der Waals surface area contributed by atoms with E-state index in [1.165, 1.54) is 6.92 Å². The van der Waals surface area contributed by atoms with E-state index in [4.69, 9.17) is 4.74 Å². The molecule has 126 valence electrons. The number of nitrogens with zero attached hydrogens (tertiary/aromatic N) is 5. The number of aromatic nitrogens is 3. The van der Waals surface area contributed by atoms with Gasteiger partial charge in [-0.05, 0) is 6.92 Å². The second-order valence-corrected chi connectivity index (χ2v) is 6.09. The van der Waals surface area contributed by atoms with Crippen LogP contribution in [0.5, 0.6) is 0 Å². The van der Waals surface area contributed by atoms with Gasteiger partial charge in [0.2, 0.25) is 5.91 Å². The standard InChI is InChI=1S/C14H21N5O4/c1-10(21)18-5-6-23-14(2,9-18)13(22)17-3-4-19-11(7-17)15-16-12(19)8-20/h20H,3-9H2,1-2H3/t14-/m1/s1. The highest BCUT2D eigenvalue weighted by Gasteiger charge is 2.43. The van der Waals surface area contributed by atoms with Gasteiger partial charge < -0.3 is 24.2 Å². The number of hydrogen-bond donors (Lipinski definition) is 1. The summed E-state index contributed by atoms with van der Waals surface area (Å²) in [6, 6.07) is 0. The number of carbonyl (C=O) groups is 2. The minimum absolute atomic E-state index is 0.0571. The summed E-state index contributed by atoms with van der Waals surface area (Å²) in [7, 11) is 0. The van der Waals surface area contributed by atoms with Gasteiger partial charge in [0.05, 0.1) is 19.7 Å². The number of hydrogen-bond acceptors (Lipinski definition) is 6. The number of amides is 2. The zero-order chi connectivity index (χ0) is 16.6. The highest BCUT2D eigenvalue weighted by molar-refractivity contribution is 5.86. The lowest BCUT2D eigenvalue weighted by atomic mass is 10.0. The second kappa shape index (κ2) is 5.89. The lowest BCUT2D eigenvalue weighted by Crippen LogP contribution is -2.60. The van der Waals surface area contributed by atoms with Crippen LogP contribution in [0.1, 0.15) is 25.5 Å². The van der Waals surface area contributed by atoms with E-state index in [9.17, 15) is 14.7 Å². The molecule has 0 aromatic carbocycles. The number of morpholine rings is 1. The van der Waals surface area contributed by atoms with Crippen LogP contribution in [-0.2, 0) is 34.0 Å². The van der Waals surface area contributed by atoms with Crippen LogP contribution in [0.15, 0.2) is 0 Å². The summed E-state index contributed by atoms with van der Waals surface area (Å²) in [5, 5.41) is 17.2. The number of carbonyl (C=O) groups excluding carboxylic acids is 2. The fourth-order valence-electron chi connectivity index (χ4n) is 3.11. The Morgan fingerprint density at radius 1 is 1.26 bits per heavy atom. The second-order valence-electron chi connectivity index (χ2n) is 6.09. The van der Waals surface area contributed by atoms with E-state index in [1.54, 1.807) is 16.7 Å². The number of rotatable bonds is 2. The number of fused-ring (bicyclic) bond motifs is 1. The summed E-state index contributed by atoms with van der Waals surface area (Å²) in [6.07, 6.45) is 0. The van der Waals surface area contributed by atoms with Gasteiger partial charge in [-0.2, -0.15) is 0 Å².